The van der Waals surface area contributed by atoms with Crippen LogP contribution in [0.5, 0.6) is 5.75 Å². The van der Waals surface area contributed by atoms with Crippen LogP contribution in [0.15, 0.2) is 53.4 Å². The van der Waals surface area contributed by atoms with Crippen molar-refractivity contribution in [1.82, 2.24) is 10.2 Å². The SMILES string of the molecule is CCC(C(=O)NC)N(Cc1cccc(OC)c1)C(=O)CCCSc1ccc(Cl)cc1. The number of carbonyl (C=O) groups is 2. The van der Waals surface area contributed by atoms with Crippen molar-refractivity contribution < 1.29 is 14.3 Å². The molecule has 1 unspecified atom stereocenters. The number of methoxy groups -OCH3 is 1. The van der Waals surface area contributed by atoms with Gasteiger partial charge < -0.3 is 15.0 Å². The fraction of sp³-hybridized carbons (Fsp3) is 0.391. The Morgan fingerprint density at radius 3 is 2.57 bits per heavy atom. The van der Waals surface area contributed by atoms with E-state index < -0.39 is 6.04 Å². The lowest BCUT2D eigenvalue weighted by atomic mass is 10.1. The molecule has 0 fully saturated rings. The normalized spacial score (nSPS) is 11.6. The summed E-state index contributed by atoms with van der Waals surface area (Å²) in [7, 11) is 3.21. The summed E-state index contributed by atoms with van der Waals surface area (Å²) in [6.07, 6.45) is 1.66. The number of nitrogens with one attached hydrogen (secondary N) is 1. The first-order valence-electron chi connectivity index (χ1n) is 10.0. The Hall–Kier alpha value is -2.18. The lowest BCUT2D eigenvalue weighted by molar-refractivity contribution is -0.141. The number of likely N-dealkylation sites (N-methyl/N-ethyl adjacent to an activating group) is 1. The molecule has 0 aliphatic carbocycles. The fourth-order valence-corrected chi connectivity index (χ4v) is 4.12. The van der Waals surface area contributed by atoms with E-state index in [0.29, 0.717) is 24.4 Å². The van der Waals surface area contributed by atoms with Crippen LogP contribution in [0.3, 0.4) is 0 Å². The average molecular weight is 449 g/mol. The summed E-state index contributed by atoms with van der Waals surface area (Å²) in [5.41, 5.74) is 0.931. The molecule has 2 rings (SSSR count). The second kappa shape index (κ2) is 12.5. The highest BCUT2D eigenvalue weighted by molar-refractivity contribution is 7.99. The molecule has 162 valence electrons. The molecular weight excluding hydrogens is 420 g/mol. The zero-order valence-corrected chi connectivity index (χ0v) is 19.3. The van der Waals surface area contributed by atoms with Gasteiger partial charge in [0.1, 0.15) is 11.8 Å². The van der Waals surface area contributed by atoms with Gasteiger partial charge in [0.2, 0.25) is 11.8 Å². The van der Waals surface area contributed by atoms with Crippen molar-refractivity contribution in [3.8, 4) is 5.75 Å². The smallest absolute Gasteiger partial charge is 0.242 e. The maximum absolute atomic E-state index is 13.1. The Labute approximate surface area is 188 Å². The number of nitrogens with zero attached hydrogens (tertiary/aromatic N) is 1. The molecule has 2 aromatic carbocycles. The predicted molar refractivity (Wildman–Crippen MR) is 123 cm³/mol. The Morgan fingerprint density at radius 1 is 1.20 bits per heavy atom. The number of rotatable bonds is 11. The van der Waals surface area contributed by atoms with Crippen molar-refractivity contribution in [3.05, 3.63) is 59.1 Å². The Kier molecular flexibility index (Phi) is 10.0. The molecule has 2 aromatic rings. The summed E-state index contributed by atoms with van der Waals surface area (Å²) in [6.45, 7) is 2.29. The molecule has 0 heterocycles. The van der Waals surface area contributed by atoms with Crippen molar-refractivity contribution in [1.29, 1.82) is 0 Å². The van der Waals surface area contributed by atoms with Crippen molar-refractivity contribution in [2.24, 2.45) is 0 Å². The van der Waals surface area contributed by atoms with Gasteiger partial charge in [0.15, 0.2) is 0 Å². The van der Waals surface area contributed by atoms with Gasteiger partial charge in [-0.15, -0.1) is 11.8 Å². The standard InChI is InChI=1S/C23H29ClN2O3S/c1-4-21(23(28)25-2)26(16-17-7-5-8-19(15-17)29-3)22(27)9-6-14-30-20-12-10-18(24)11-13-20/h5,7-8,10-13,15,21H,4,6,9,14,16H2,1-3H3,(H,25,28). The maximum atomic E-state index is 13.1. The third kappa shape index (κ3) is 7.26. The number of carbonyl (C=O) groups excluding carboxylic acids is 2. The minimum absolute atomic E-state index is 0.0232. The van der Waals surface area contributed by atoms with E-state index in [0.717, 1.165) is 28.4 Å². The van der Waals surface area contributed by atoms with Crippen LogP contribution in [0, 0.1) is 0 Å². The van der Waals surface area contributed by atoms with Crippen LogP contribution in [0.1, 0.15) is 31.7 Å². The highest BCUT2D eigenvalue weighted by atomic mass is 35.5. The van der Waals surface area contributed by atoms with Gasteiger partial charge >= 0.3 is 0 Å². The number of hydrogen-bond acceptors (Lipinski definition) is 4. The van der Waals surface area contributed by atoms with Crippen LogP contribution in [-0.4, -0.2) is 42.7 Å². The highest BCUT2D eigenvalue weighted by Crippen LogP contribution is 2.22. The first-order chi connectivity index (χ1) is 14.5. The van der Waals surface area contributed by atoms with Crippen LogP contribution in [0.25, 0.3) is 0 Å². The number of ether oxygens (including phenoxy) is 1. The lowest BCUT2D eigenvalue weighted by Gasteiger charge is -2.30. The monoisotopic (exact) mass is 448 g/mol. The van der Waals surface area contributed by atoms with Gasteiger partial charge in [-0.05, 0) is 60.6 Å². The predicted octanol–water partition coefficient (Wildman–Crippen LogP) is 4.77. The maximum Gasteiger partial charge on any atom is 0.242 e. The number of thioether (sulfide) groups is 1. The van der Waals surface area contributed by atoms with Crippen LogP contribution in [0.2, 0.25) is 5.02 Å². The van der Waals surface area contributed by atoms with E-state index in [4.69, 9.17) is 16.3 Å². The molecule has 0 bridgehead atoms. The van der Waals surface area contributed by atoms with Gasteiger partial charge in [-0.2, -0.15) is 0 Å². The number of hydrogen-bond donors (Lipinski definition) is 1. The zero-order valence-electron chi connectivity index (χ0n) is 17.7. The minimum Gasteiger partial charge on any atom is -0.497 e. The fourth-order valence-electron chi connectivity index (χ4n) is 3.14. The molecule has 1 atom stereocenters. The Balaban J connectivity index is 2.03. The lowest BCUT2D eigenvalue weighted by Crippen LogP contribution is -2.48. The molecule has 0 radical (unpaired) electrons. The molecule has 7 heteroatoms. The second-order valence-electron chi connectivity index (χ2n) is 6.82. The first-order valence-corrected chi connectivity index (χ1v) is 11.4. The summed E-state index contributed by atoms with van der Waals surface area (Å²) in [5, 5.41) is 3.39. The minimum atomic E-state index is -0.502. The summed E-state index contributed by atoms with van der Waals surface area (Å²) < 4.78 is 5.29. The van der Waals surface area contributed by atoms with Gasteiger partial charge in [0.25, 0.3) is 0 Å². The van der Waals surface area contributed by atoms with E-state index >= 15 is 0 Å². The number of amides is 2. The van der Waals surface area contributed by atoms with Crippen LogP contribution >= 0.6 is 23.4 Å². The van der Waals surface area contributed by atoms with E-state index in [-0.39, 0.29) is 11.8 Å². The number of benzene rings is 2. The van der Waals surface area contributed by atoms with Crippen LogP contribution in [-0.2, 0) is 16.1 Å². The molecule has 0 saturated heterocycles. The van der Waals surface area contributed by atoms with Crippen molar-refractivity contribution in [3.63, 3.8) is 0 Å². The molecule has 2 amide bonds. The molecule has 0 spiro atoms. The van der Waals surface area contributed by atoms with Crippen molar-refractivity contribution >= 4 is 35.2 Å². The molecule has 0 aliphatic heterocycles. The van der Waals surface area contributed by atoms with Crippen LogP contribution < -0.4 is 10.1 Å². The van der Waals surface area contributed by atoms with E-state index in [1.807, 2.05) is 55.5 Å². The molecule has 0 saturated carbocycles. The molecule has 0 aromatic heterocycles. The van der Waals surface area contributed by atoms with E-state index in [2.05, 4.69) is 5.32 Å². The summed E-state index contributed by atoms with van der Waals surface area (Å²) >= 11 is 7.61. The first kappa shape index (κ1) is 24.1. The van der Waals surface area contributed by atoms with Gasteiger partial charge in [0, 0.05) is 29.9 Å². The second-order valence-corrected chi connectivity index (χ2v) is 8.42. The highest BCUT2D eigenvalue weighted by Gasteiger charge is 2.27. The van der Waals surface area contributed by atoms with Gasteiger partial charge in [-0.1, -0.05) is 30.7 Å². The summed E-state index contributed by atoms with van der Waals surface area (Å²) in [4.78, 5) is 28.3. The quantitative estimate of drug-likeness (QED) is 0.397. The summed E-state index contributed by atoms with van der Waals surface area (Å²) in [5.74, 6) is 1.37. The largest absolute Gasteiger partial charge is 0.497 e. The Morgan fingerprint density at radius 2 is 1.93 bits per heavy atom. The van der Waals surface area contributed by atoms with E-state index in [9.17, 15) is 9.59 Å². The number of halogens is 1. The Bertz CT molecular complexity index is 829. The molecule has 0 aliphatic rings. The van der Waals surface area contributed by atoms with Gasteiger partial charge in [-0.25, -0.2) is 0 Å². The molecule has 5 nitrogen and oxygen atoms in total. The molecule has 1 N–H and O–H groups in total. The zero-order chi connectivity index (χ0) is 21.9. The van der Waals surface area contributed by atoms with Crippen LogP contribution in [0.4, 0.5) is 0 Å². The summed E-state index contributed by atoms with van der Waals surface area (Å²) in [6, 6.07) is 14.8. The van der Waals surface area contributed by atoms with E-state index in [1.54, 1.807) is 30.8 Å². The third-order valence-electron chi connectivity index (χ3n) is 4.74. The van der Waals surface area contributed by atoms with Crippen molar-refractivity contribution in [2.75, 3.05) is 19.9 Å². The van der Waals surface area contributed by atoms with Gasteiger partial charge in [-0.3, -0.25) is 9.59 Å². The van der Waals surface area contributed by atoms with Gasteiger partial charge in [0.05, 0.1) is 7.11 Å². The molecule has 30 heavy (non-hydrogen) atoms. The van der Waals surface area contributed by atoms with E-state index in [1.165, 1.54) is 0 Å². The topological polar surface area (TPSA) is 58.6 Å². The molecular formula is C23H29ClN2O3S. The third-order valence-corrected chi connectivity index (χ3v) is 6.09. The average Bonchev–Trinajstić information content (AvgIpc) is 2.77. The van der Waals surface area contributed by atoms with Crippen molar-refractivity contribution in [2.45, 2.75) is 43.7 Å².